The minimum atomic E-state index is -3.44. The molecule has 1 atom stereocenters. The molecule has 7 heteroatoms. The zero-order valence-corrected chi connectivity index (χ0v) is 14.5. The van der Waals surface area contributed by atoms with Gasteiger partial charge >= 0.3 is 0 Å². The molecule has 1 N–H and O–H groups in total. The SMILES string of the molecule is Cc1nnc(C(CC(C)C)NS(=O)(=O)CCc2ccccc2)o1. The normalized spacial score (nSPS) is 13.4. The van der Waals surface area contributed by atoms with Crippen LogP contribution in [0.1, 0.15) is 43.7 Å². The molecule has 2 rings (SSSR count). The number of aryl methyl sites for hydroxylation is 2. The lowest BCUT2D eigenvalue weighted by molar-refractivity contribution is 0.372. The standard InChI is InChI=1S/C16H23N3O3S/c1-12(2)11-15(16-18-17-13(3)22-16)19-23(20,21)10-9-14-7-5-4-6-8-14/h4-8,12,15,19H,9-11H2,1-3H3. The number of hydrogen-bond donors (Lipinski definition) is 1. The van der Waals surface area contributed by atoms with E-state index >= 15 is 0 Å². The second-order valence-electron chi connectivity index (χ2n) is 6.01. The molecule has 0 spiro atoms. The summed E-state index contributed by atoms with van der Waals surface area (Å²) in [4.78, 5) is 0. The molecular formula is C16H23N3O3S. The first-order valence-electron chi connectivity index (χ1n) is 7.69. The summed E-state index contributed by atoms with van der Waals surface area (Å²) in [5.41, 5.74) is 0.993. The molecular weight excluding hydrogens is 314 g/mol. The zero-order chi connectivity index (χ0) is 16.9. The Bertz CT molecular complexity index is 711. The fourth-order valence-corrected chi connectivity index (χ4v) is 3.55. The molecule has 0 fully saturated rings. The summed E-state index contributed by atoms with van der Waals surface area (Å²) >= 11 is 0. The van der Waals surface area contributed by atoms with Crippen molar-refractivity contribution in [2.75, 3.05) is 5.75 Å². The van der Waals surface area contributed by atoms with E-state index in [1.54, 1.807) is 6.92 Å². The first-order valence-corrected chi connectivity index (χ1v) is 9.35. The predicted molar refractivity (Wildman–Crippen MR) is 88.3 cm³/mol. The first kappa shape index (κ1) is 17.6. The molecule has 1 heterocycles. The van der Waals surface area contributed by atoms with Gasteiger partial charge in [0.15, 0.2) is 0 Å². The lowest BCUT2D eigenvalue weighted by Crippen LogP contribution is -2.32. The minimum Gasteiger partial charge on any atom is -0.424 e. The van der Waals surface area contributed by atoms with Gasteiger partial charge in [-0.25, -0.2) is 13.1 Å². The van der Waals surface area contributed by atoms with E-state index in [0.717, 1.165) is 5.56 Å². The van der Waals surface area contributed by atoms with Gasteiger partial charge in [-0.3, -0.25) is 0 Å². The molecule has 0 saturated carbocycles. The summed E-state index contributed by atoms with van der Waals surface area (Å²) < 4.78 is 32.9. The first-order chi connectivity index (χ1) is 10.9. The third-order valence-electron chi connectivity index (χ3n) is 3.37. The van der Waals surface area contributed by atoms with Crippen LogP contribution in [-0.4, -0.2) is 24.4 Å². The summed E-state index contributed by atoms with van der Waals surface area (Å²) in [6.07, 6.45) is 1.07. The van der Waals surface area contributed by atoms with Crippen molar-refractivity contribution in [2.45, 2.75) is 39.7 Å². The molecule has 1 aromatic carbocycles. The molecule has 23 heavy (non-hydrogen) atoms. The Labute approximate surface area is 137 Å². The molecule has 1 aromatic heterocycles. The Morgan fingerprint density at radius 3 is 2.43 bits per heavy atom. The summed E-state index contributed by atoms with van der Waals surface area (Å²) in [5.74, 6) is 1.07. The van der Waals surface area contributed by atoms with Gasteiger partial charge in [0.2, 0.25) is 21.8 Å². The van der Waals surface area contributed by atoms with Gasteiger partial charge in [-0.05, 0) is 24.3 Å². The number of nitrogens with one attached hydrogen (secondary N) is 1. The number of benzene rings is 1. The van der Waals surface area contributed by atoms with Gasteiger partial charge in [0.05, 0.1) is 5.75 Å². The van der Waals surface area contributed by atoms with Gasteiger partial charge in [-0.2, -0.15) is 0 Å². The highest BCUT2D eigenvalue weighted by molar-refractivity contribution is 7.89. The molecule has 0 saturated heterocycles. The summed E-state index contributed by atoms with van der Waals surface area (Å²) in [5, 5.41) is 7.74. The van der Waals surface area contributed by atoms with Gasteiger partial charge in [-0.1, -0.05) is 44.2 Å². The van der Waals surface area contributed by atoms with E-state index in [1.807, 2.05) is 44.2 Å². The molecule has 0 aliphatic rings. The van der Waals surface area contributed by atoms with E-state index in [0.29, 0.717) is 30.5 Å². The van der Waals surface area contributed by atoms with Crippen LogP contribution in [0.15, 0.2) is 34.7 Å². The van der Waals surface area contributed by atoms with Crippen LogP contribution in [-0.2, 0) is 16.4 Å². The number of rotatable bonds is 8. The van der Waals surface area contributed by atoms with Crippen molar-refractivity contribution in [3.8, 4) is 0 Å². The molecule has 6 nitrogen and oxygen atoms in total. The topological polar surface area (TPSA) is 85.1 Å². The van der Waals surface area contributed by atoms with Crippen LogP contribution in [0.4, 0.5) is 0 Å². The molecule has 0 aliphatic carbocycles. The maximum absolute atomic E-state index is 12.4. The van der Waals surface area contributed by atoms with Crippen molar-refractivity contribution < 1.29 is 12.8 Å². The van der Waals surface area contributed by atoms with Gasteiger partial charge in [-0.15, -0.1) is 10.2 Å². The maximum Gasteiger partial charge on any atom is 0.234 e. The lowest BCUT2D eigenvalue weighted by atomic mass is 10.0. The highest BCUT2D eigenvalue weighted by Crippen LogP contribution is 2.21. The van der Waals surface area contributed by atoms with E-state index in [9.17, 15) is 8.42 Å². The average Bonchev–Trinajstić information content (AvgIpc) is 2.92. The summed E-state index contributed by atoms with van der Waals surface area (Å²) in [6, 6.07) is 9.06. The van der Waals surface area contributed by atoms with Crippen molar-refractivity contribution in [3.05, 3.63) is 47.7 Å². The van der Waals surface area contributed by atoms with E-state index < -0.39 is 16.1 Å². The van der Waals surface area contributed by atoms with Gasteiger partial charge in [0, 0.05) is 6.92 Å². The Morgan fingerprint density at radius 2 is 1.87 bits per heavy atom. The van der Waals surface area contributed by atoms with Crippen LogP contribution < -0.4 is 4.72 Å². The van der Waals surface area contributed by atoms with Crippen LogP contribution in [0, 0.1) is 12.8 Å². The predicted octanol–water partition coefficient (Wildman–Crippen LogP) is 2.63. The van der Waals surface area contributed by atoms with E-state index in [4.69, 9.17) is 4.42 Å². The zero-order valence-electron chi connectivity index (χ0n) is 13.7. The van der Waals surface area contributed by atoms with Crippen LogP contribution in [0.25, 0.3) is 0 Å². The molecule has 0 aliphatic heterocycles. The van der Waals surface area contributed by atoms with Crippen molar-refractivity contribution in [1.29, 1.82) is 0 Å². The third-order valence-corrected chi connectivity index (χ3v) is 4.76. The molecule has 2 aromatic rings. The van der Waals surface area contributed by atoms with Crippen LogP contribution >= 0.6 is 0 Å². The Balaban J connectivity index is 2.05. The fourth-order valence-electron chi connectivity index (χ4n) is 2.30. The van der Waals surface area contributed by atoms with Gasteiger partial charge in [0.1, 0.15) is 6.04 Å². The Morgan fingerprint density at radius 1 is 1.17 bits per heavy atom. The third kappa shape index (κ3) is 5.76. The fraction of sp³-hybridized carbons (Fsp3) is 0.500. The average molecular weight is 337 g/mol. The van der Waals surface area contributed by atoms with E-state index in [-0.39, 0.29) is 5.75 Å². The quantitative estimate of drug-likeness (QED) is 0.800. The Hall–Kier alpha value is -1.73. The monoisotopic (exact) mass is 337 g/mol. The summed E-state index contributed by atoms with van der Waals surface area (Å²) in [6.45, 7) is 5.73. The van der Waals surface area contributed by atoms with E-state index in [2.05, 4.69) is 14.9 Å². The number of aromatic nitrogens is 2. The van der Waals surface area contributed by atoms with Crippen molar-refractivity contribution in [1.82, 2.24) is 14.9 Å². The summed E-state index contributed by atoms with van der Waals surface area (Å²) in [7, 11) is -3.44. The Kier molecular flexibility index (Phi) is 5.90. The van der Waals surface area contributed by atoms with Crippen molar-refractivity contribution >= 4 is 10.0 Å². The van der Waals surface area contributed by atoms with Crippen molar-refractivity contribution in [2.24, 2.45) is 5.92 Å². The van der Waals surface area contributed by atoms with Crippen LogP contribution in [0.2, 0.25) is 0 Å². The number of sulfonamides is 1. The number of nitrogens with zero attached hydrogens (tertiary/aromatic N) is 2. The van der Waals surface area contributed by atoms with Crippen molar-refractivity contribution in [3.63, 3.8) is 0 Å². The highest BCUT2D eigenvalue weighted by Gasteiger charge is 2.24. The van der Waals surface area contributed by atoms with Gasteiger partial charge < -0.3 is 4.42 Å². The van der Waals surface area contributed by atoms with Gasteiger partial charge in [0.25, 0.3) is 0 Å². The molecule has 0 amide bonds. The highest BCUT2D eigenvalue weighted by atomic mass is 32.2. The number of hydrogen-bond acceptors (Lipinski definition) is 5. The second kappa shape index (κ2) is 7.70. The molecule has 0 bridgehead atoms. The smallest absolute Gasteiger partial charge is 0.234 e. The maximum atomic E-state index is 12.4. The second-order valence-corrected chi connectivity index (χ2v) is 7.89. The molecule has 0 radical (unpaired) electrons. The minimum absolute atomic E-state index is 0.0265. The lowest BCUT2D eigenvalue weighted by Gasteiger charge is -2.17. The molecule has 126 valence electrons. The largest absolute Gasteiger partial charge is 0.424 e. The van der Waals surface area contributed by atoms with Crippen LogP contribution in [0.5, 0.6) is 0 Å². The van der Waals surface area contributed by atoms with E-state index in [1.165, 1.54) is 0 Å². The van der Waals surface area contributed by atoms with Crippen LogP contribution in [0.3, 0.4) is 0 Å². The molecule has 1 unspecified atom stereocenters.